The fourth-order valence-electron chi connectivity index (χ4n) is 4.08. The highest BCUT2D eigenvalue weighted by atomic mass is 16.5. The van der Waals surface area contributed by atoms with E-state index >= 15 is 0 Å². The van der Waals surface area contributed by atoms with Crippen LogP contribution < -0.4 is 14.8 Å². The molecule has 1 aromatic heterocycles. The number of ether oxygens (including phenoxy) is 2. The summed E-state index contributed by atoms with van der Waals surface area (Å²) < 4.78 is 11.4. The van der Waals surface area contributed by atoms with Crippen LogP contribution in [0.25, 0.3) is 10.9 Å². The van der Waals surface area contributed by atoms with Crippen molar-refractivity contribution < 1.29 is 14.3 Å². The van der Waals surface area contributed by atoms with E-state index < -0.39 is 5.54 Å². The molecule has 5 rings (SSSR count). The zero-order valence-corrected chi connectivity index (χ0v) is 18.1. The molecule has 3 aromatic carbocycles. The summed E-state index contributed by atoms with van der Waals surface area (Å²) in [6, 6.07) is 23.2. The van der Waals surface area contributed by atoms with Gasteiger partial charge in [0.05, 0.1) is 18.2 Å². The van der Waals surface area contributed by atoms with Gasteiger partial charge in [-0.2, -0.15) is 0 Å². The lowest BCUT2D eigenvalue weighted by Crippen LogP contribution is -2.35. The van der Waals surface area contributed by atoms with Gasteiger partial charge in [0.25, 0.3) is 5.91 Å². The summed E-state index contributed by atoms with van der Waals surface area (Å²) in [5.74, 6) is 2.02. The van der Waals surface area contributed by atoms with E-state index in [2.05, 4.69) is 10.3 Å². The van der Waals surface area contributed by atoms with Crippen LogP contribution in [0.3, 0.4) is 0 Å². The molecule has 160 valence electrons. The van der Waals surface area contributed by atoms with Crippen molar-refractivity contribution in [3.63, 3.8) is 0 Å². The smallest absolute Gasteiger partial charge is 0.252 e. The Hall–Kier alpha value is -3.86. The highest BCUT2D eigenvalue weighted by Crippen LogP contribution is 2.49. The lowest BCUT2D eigenvalue weighted by Gasteiger charge is -2.22. The van der Waals surface area contributed by atoms with Crippen LogP contribution in [-0.2, 0) is 5.54 Å². The number of carbonyl (C=O) groups excluding carboxylic acids is 1. The number of nitrogens with zero attached hydrogens (tertiary/aromatic N) is 1. The van der Waals surface area contributed by atoms with E-state index in [-0.39, 0.29) is 5.91 Å². The topological polar surface area (TPSA) is 60.5 Å². The van der Waals surface area contributed by atoms with Gasteiger partial charge in [0, 0.05) is 23.2 Å². The van der Waals surface area contributed by atoms with Gasteiger partial charge in [-0.1, -0.05) is 30.3 Å². The second-order valence-electron chi connectivity index (χ2n) is 8.17. The predicted molar refractivity (Wildman–Crippen MR) is 124 cm³/mol. The molecule has 0 aliphatic heterocycles. The molecule has 1 fully saturated rings. The molecule has 4 aromatic rings. The van der Waals surface area contributed by atoms with Gasteiger partial charge in [0.15, 0.2) is 0 Å². The zero-order valence-electron chi connectivity index (χ0n) is 18.1. The highest BCUT2D eigenvalue weighted by molar-refractivity contribution is 5.97. The predicted octanol–water partition coefficient (Wildman–Crippen LogP) is 5.76. The number of hydrogen-bond donors (Lipinski definition) is 1. The average molecular weight is 425 g/mol. The van der Waals surface area contributed by atoms with Gasteiger partial charge < -0.3 is 14.8 Å². The van der Waals surface area contributed by atoms with Gasteiger partial charge in [-0.3, -0.25) is 9.78 Å². The minimum Gasteiger partial charge on any atom is -0.497 e. The molecule has 0 spiro atoms. The molecule has 5 heteroatoms. The quantitative estimate of drug-likeness (QED) is 0.427. The summed E-state index contributed by atoms with van der Waals surface area (Å²) >= 11 is 0. The van der Waals surface area contributed by atoms with Crippen molar-refractivity contribution in [3.05, 3.63) is 95.7 Å². The largest absolute Gasteiger partial charge is 0.497 e. The first-order chi connectivity index (χ1) is 15.6. The molecular formula is C27H24N2O3. The Balaban J connectivity index is 1.52. The van der Waals surface area contributed by atoms with Crippen molar-refractivity contribution in [2.45, 2.75) is 25.3 Å². The first-order valence-electron chi connectivity index (χ1n) is 10.7. The Labute approximate surface area is 187 Å². The number of nitrogens with one attached hydrogen (secondary N) is 1. The number of benzene rings is 3. The van der Waals surface area contributed by atoms with E-state index in [0.29, 0.717) is 17.1 Å². The molecular weight excluding hydrogens is 400 g/mol. The third-order valence-corrected chi connectivity index (χ3v) is 5.98. The number of rotatable bonds is 6. The number of aromatic nitrogens is 1. The molecule has 1 amide bonds. The van der Waals surface area contributed by atoms with Crippen molar-refractivity contribution in [1.29, 1.82) is 0 Å². The van der Waals surface area contributed by atoms with E-state index in [4.69, 9.17) is 9.47 Å². The fourth-order valence-corrected chi connectivity index (χ4v) is 4.08. The Morgan fingerprint density at radius 3 is 2.50 bits per heavy atom. The van der Waals surface area contributed by atoms with Gasteiger partial charge >= 0.3 is 0 Å². The number of aryl methyl sites for hydroxylation is 1. The summed E-state index contributed by atoms with van der Waals surface area (Å²) in [7, 11) is 1.60. The molecule has 0 saturated heterocycles. The summed E-state index contributed by atoms with van der Waals surface area (Å²) in [6.07, 6.45) is 3.50. The molecule has 1 aliphatic carbocycles. The Bertz CT molecular complexity index is 1300. The molecule has 0 atom stereocenters. The maximum absolute atomic E-state index is 13.3. The van der Waals surface area contributed by atoms with Crippen LogP contribution in [0.4, 0.5) is 0 Å². The summed E-state index contributed by atoms with van der Waals surface area (Å²) in [5.41, 5.74) is 2.96. The fraction of sp³-hybridized carbons (Fsp3) is 0.185. The standard InChI is InChI=1S/C27H24N2O3/c1-18-10-11-20(31-2)15-23(18)26(30)29-27(12-13-27)24-16-21(32-19-7-4-3-5-8-19)17-25-22(24)9-6-14-28-25/h3-11,14-17H,12-13H2,1-2H3,(H,29,30). The molecule has 1 heterocycles. The molecule has 0 bridgehead atoms. The maximum Gasteiger partial charge on any atom is 0.252 e. The number of amides is 1. The minimum absolute atomic E-state index is 0.106. The first-order valence-corrected chi connectivity index (χ1v) is 10.7. The van der Waals surface area contributed by atoms with E-state index in [1.165, 1.54) is 0 Å². The Kier molecular flexibility index (Phi) is 5.02. The van der Waals surface area contributed by atoms with E-state index in [1.807, 2.05) is 73.7 Å². The molecule has 5 nitrogen and oxygen atoms in total. The normalized spacial score (nSPS) is 14.1. The molecule has 0 radical (unpaired) electrons. The number of para-hydroxylation sites is 1. The number of methoxy groups -OCH3 is 1. The van der Waals surface area contributed by atoms with Crippen LogP contribution in [0.15, 0.2) is 79.0 Å². The van der Waals surface area contributed by atoms with Gasteiger partial charge in [0.1, 0.15) is 17.2 Å². The second-order valence-corrected chi connectivity index (χ2v) is 8.17. The number of fused-ring (bicyclic) bond motifs is 1. The summed E-state index contributed by atoms with van der Waals surface area (Å²) in [4.78, 5) is 17.8. The SMILES string of the molecule is COc1ccc(C)c(C(=O)NC2(c3cc(Oc4ccccc4)cc4ncccc34)CC2)c1. The highest BCUT2D eigenvalue weighted by Gasteiger charge is 2.47. The van der Waals surface area contributed by atoms with E-state index in [9.17, 15) is 4.79 Å². The monoisotopic (exact) mass is 424 g/mol. The average Bonchev–Trinajstić information content (AvgIpc) is 3.60. The number of hydrogen-bond acceptors (Lipinski definition) is 4. The van der Waals surface area contributed by atoms with Gasteiger partial charge in [0.2, 0.25) is 0 Å². The maximum atomic E-state index is 13.3. The van der Waals surface area contributed by atoms with Gasteiger partial charge in [-0.05, 0) is 67.3 Å². The van der Waals surface area contributed by atoms with Crippen molar-refractivity contribution in [2.24, 2.45) is 0 Å². The summed E-state index contributed by atoms with van der Waals surface area (Å²) in [6.45, 7) is 1.93. The van der Waals surface area contributed by atoms with Crippen LogP contribution >= 0.6 is 0 Å². The van der Waals surface area contributed by atoms with Gasteiger partial charge in [-0.25, -0.2) is 0 Å². The Morgan fingerprint density at radius 1 is 0.938 bits per heavy atom. The van der Waals surface area contributed by atoms with Crippen molar-refractivity contribution in [2.75, 3.05) is 7.11 Å². The molecule has 32 heavy (non-hydrogen) atoms. The van der Waals surface area contributed by atoms with Crippen LogP contribution in [0.5, 0.6) is 17.2 Å². The minimum atomic E-state index is -0.441. The molecule has 1 N–H and O–H groups in total. The van der Waals surface area contributed by atoms with E-state index in [0.717, 1.165) is 40.6 Å². The summed E-state index contributed by atoms with van der Waals surface area (Å²) in [5, 5.41) is 4.32. The second kappa shape index (κ2) is 8.00. The number of pyridine rings is 1. The lowest BCUT2D eigenvalue weighted by molar-refractivity contribution is 0.0930. The zero-order chi connectivity index (χ0) is 22.1. The molecule has 1 saturated carbocycles. The van der Waals surface area contributed by atoms with E-state index in [1.54, 1.807) is 19.4 Å². The van der Waals surface area contributed by atoms with Crippen LogP contribution in [0.2, 0.25) is 0 Å². The lowest BCUT2D eigenvalue weighted by atomic mass is 9.97. The third-order valence-electron chi connectivity index (χ3n) is 5.98. The Morgan fingerprint density at radius 2 is 1.75 bits per heavy atom. The van der Waals surface area contributed by atoms with Crippen LogP contribution in [-0.4, -0.2) is 18.0 Å². The van der Waals surface area contributed by atoms with Crippen LogP contribution in [0, 0.1) is 6.92 Å². The first kappa shape index (κ1) is 20.1. The molecule has 1 aliphatic rings. The van der Waals surface area contributed by atoms with Crippen molar-refractivity contribution >= 4 is 16.8 Å². The van der Waals surface area contributed by atoms with Crippen molar-refractivity contribution in [1.82, 2.24) is 10.3 Å². The van der Waals surface area contributed by atoms with Gasteiger partial charge in [-0.15, -0.1) is 0 Å². The van der Waals surface area contributed by atoms with Crippen molar-refractivity contribution in [3.8, 4) is 17.2 Å². The molecule has 0 unspecified atom stereocenters. The number of carbonyl (C=O) groups is 1. The van der Waals surface area contributed by atoms with Crippen LogP contribution in [0.1, 0.15) is 34.3 Å². The third kappa shape index (κ3) is 3.78.